The van der Waals surface area contributed by atoms with E-state index in [1.807, 2.05) is 18.2 Å². The largest absolute Gasteiger partial charge is 0.507 e. The van der Waals surface area contributed by atoms with Crippen LogP contribution >= 0.6 is 0 Å². The summed E-state index contributed by atoms with van der Waals surface area (Å²) in [6.45, 7) is 1.88. The van der Waals surface area contributed by atoms with Gasteiger partial charge < -0.3 is 26.4 Å². The van der Waals surface area contributed by atoms with Gasteiger partial charge in [-0.25, -0.2) is 9.97 Å². The molecule has 2 bridgehead atoms. The van der Waals surface area contributed by atoms with E-state index >= 15 is 0 Å². The minimum Gasteiger partial charge on any atom is -0.507 e. The molecule has 2 atom stereocenters. The maximum Gasteiger partial charge on any atom is 0.225 e. The summed E-state index contributed by atoms with van der Waals surface area (Å²) in [5, 5.41) is 18.6. The van der Waals surface area contributed by atoms with Gasteiger partial charge in [0.25, 0.3) is 0 Å². The predicted molar refractivity (Wildman–Crippen MR) is 123 cm³/mol. The van der Waals surface area contributed by atoms with Crippen LogP contribution in [0.4, 0.5) is 17.5 Å². The number of piperazine rings is 1. The molecule has 3 aromatic rings. The molecule has 5 rings (SSSR count). The standard InChI is InChI=1S/C23H24N8O/c24-9-3-4-15-11-26-23(27-12-15)31-16-7-8-17(31)14-30(13-16)20-10-19(28-29-22(20)25)18-5-1-2-6-21(18)32/h1-2,5-6,10-12,16-17,32H,7-9,13-14,24H2,(H2,25,29). The first-order valence-corrected chi connectivity index (χ1v) is 10.6. The SMILES string of the molecule is NCC#Cc1cnc(N2C3CCC2CN(c2cc(-c4ccccc4O)nnc2N)C3)nc1. The van der Waals surface area contributed by atoms with E-state index in [2.05, 4.69) is 41.8 Å². The molecule has 0 radical (unpaired) electrons. The molecule has 0 spiro atoms. The number of hydrogen-bond acceptors (Lipinski definition) is 9. The van der Waals surface area contributed by atoms with Crippen LogP contribution in [-0.2, 0) is 0 Å². The van der Waals surface area contributed by atoms with E-state index in [4.69, 9.17) is 11.5 Å². The number of nitrogens with two attached hydrogens (primary N) is 2. The Morgan fingerprint density at radius 1 is 1.06 bits per heavy atom. The van der Waals surface area contributed by atoms with E-state index in [0.717, 1.165) is 43.1 Å². The van der Waals surface area contributed by atoms with Crippen LogP contribution in [0.25, 0.3) is 11.3 Å². The Morgan fingerprint density at radius 3 is 2.47 bits per heavy atom. The summed E-state index contributed by atoms with van der Waals surface area (Å²) in [6.07, 6.45) is 5.62. The summed E-state index contributed by atoms with van der Waals surface area (Å²) in [5.41, 5.74) is 14.5. The zero-order valence-corrected chi connectivity index (χ0v) is 17.5. The minimum atomic E-state index is 0.166. The lowest BCUT2D eigenvalue weighted by molar-refractivity contribution is 0.477. The number of benzene rings is 1. The topological polar surface area (TPSA) is 130 Å². The van der Waals surface area contributed by atoms with Crippen molar-refractivity contribution >= 4 is 17.5 Å². The lowest BCUT2D eigenvalue weighted by Gasteiger charge is -2.42. The average Bonchev–Trinajstić information content (AvgIpc) is 3.08. The van der Waals surface area contributed by atoms with Crippen molar-refractivity contribution < 1.29 is 5.11 Å². The number of hydrogen-bond donors (Lipinski definition) is 3. The number of aromatic nitrogens is 4. The molecular formula is C23H24N8O. The maximum atomic E-state index is 10.2. The van der Waals surface area contributed by atoms with Gasteiger partial charge in [0.05, 0.1) is 23.5 Å². The summed E-state index contributed by atoms with van der Waals surface area (Å²) in [6, 6.07) is 9.55. The van der Waals surface area contributed by atoms with Gasteiger partial charge in [-0.15, -0.1) is 10.2 Å². The van der Waals surface area contributed by atoms with E-state index in [9.17, 15) is 5.11 Å². The predicted octanol–water partition coefficient (Wildman–Crippen LogP) is 1.39. The molecule has 0 aliphatic carbocycles. The lowest BCUT2D eigenvalue weighted by atomic mass is 10.1. The summed E-state index contributed by atoms with van der Waals surface area (Å²) in [5.74, 6) is 7.06. The van der Waals surface area contributed by atoms with Crippen molar-refractivity contribution in [2.75, 3.05) is 35.2 Å². The van der Waals surface area contributed by atoms with Gasteiger partial charge in [-0.2, -0.15) is 0 Å². The first-order chi connectivity index (χ1) is 15.6. The van der Waals surface area contributed by atoms with Gasteiger partial charge in [-0.1, -0.05) is 24.0 Å². The van der Waals surface area contributed by atoms with Crippen molar-refractivity contribution in [1.29, 1.82) is 0 Å². The van der Waals surface area contributed by atoms with E-state index in [-0.39, 0.29) is 17.8 Å². The van der Waals surface area contributed by atoms with Crippen molar-refractivity contribution in [3.63, 3.8) is 0 Å². The van der Waals surface area contributed by atoms with Crippen molar-refractivity contribution in [1.82, 2.24) is 20.2 Å². The first kappa shape index (κ1) is 20.0. The fourth-order valence-corrected chi connectivity index (χ4v) is 4.56. The van der Waals surface area contributed by atoms with E-state index in [0.29, 0.717) is 23.6 Å². The van der Waals surface area contributed by atoms with Crippen LogP contribution in [0.1, 0.15) is 18.4 Å². The Morgan fingerprint density at radius 2 is 1.78 bits per heavy atom. The molecule has 2 aromatic heterocycles. The number of fused-ring (bicyclic) bond motifs is 2. The molecule has 9 heteroatoms. The second kappa shape index (κ2) is 8.32. The summed E-state index contributed by atoms with van der Waals surface area (Å²) in [7, 11) is 0. The van der Waals surface area contributed by atoms with Crippen LogP contribution in [0, 0.1) is 11.8 Å². The number of nitrogens with zero attached hydrogens (tertiary/aromatic N) is 6. The third kappa shape index (κ3) is 3.65. The molecular weight excluding hydrogens is 404 g/mol. The first-order valence-electron chi connectivity index (χ1n) is 10.6. The van der Waals surface area contributed by atoms with Gasteiger partial charge in [0.15, 0.2) is 5.82 Å². The summed E-state index contributed by atoms with van der Waals surface area (Å²) >= 11 is 0. The zero-order chi connectivity index (χ0) is 22.1. The number of phenolic OH excluding ortho intramolecular Hbond substituents is 1. The molecule has 4 heterocycles. The molecule has 2 fully saturated rings. The van der Waals surface area contributed by atoms with Crippen LogP contribution < -0.4 is 21.3 Å². The monoisotopic (exact) mass is 428 g/mol. The molecule has 9 nitrogen and oxygen atoms in total. The van der Waals surface area contributed by atoms with Crippen LogP contribution in [0.15, 0.2) is 42.7 Å². The second-order valence-electron chi connectivity index (χ2n) is 7.99. The fraction of sp³-hybridized carbons (Fsp3) is 0.304. The van der Waals surface area contributed by atoms with Gasteiger partial charge in [0, 0.05) is 43.1 Å². The van der Waals surface area contributed by atoms with Crippen LogP contribution in [0.5, 0.6) is 5.75 Å². The van der Waals surface area contributed by atoms with E-state index in [1.165, 1.54) is 0 Å². The van der Waals surface area contributed by atoms with Gasteiger partial charge in [0.2, 0.25) is 5.95 Å². The van der Waals surface area contributed by atoms with Crippen molar-refractivity contribution in [2.24, 2.45) is 5.73 Å². The Kier molecular flexibility index (Phi) is 5.21. The fourth-order valence-electron chi connectivity index (χ4n) is 4.56. The van der Waals surface area contributed by atoms with Gasteiger partial charge >= 0.3 is 0 Å². The van der Waals surface area contributed by atoms with Crippen LogP contribution in [-0.4, -0.2) is 57.0 Å². The number of nitrogen functional groups attached to an aromatic ring is 1. The zero-order valence-electron chi connectivity index (χ0n) is 17.5. The minimum absolute atomic E-state index is 0.166. The third-order valence-corrected chi connectivity index (χ3v) is 6.01. The second-order valence-corrected chi connectivity index (χ2v) is 7.99. The summed E-state index contributed by atoms with van der Waals surface area (Å²) < 4.78 is 0. The Balaban J connectivity index is 1.39. The van der Waals surface area contributed by atoms with Crippen molar-refractivity contribution in [3.8, 4) is 28.8 Å². The molecule has 0 saturated carbocycles. The molecule has 1 aromatic carbocycles. The normalized spacial score (nSPS) is 19.5. The highest BCUT2D eigenvalue weighted by atomic mass is 16.3. The average molecular weight is 429 g/mol. The van der Waals surface area contributed by atoms with Crippen LogP contribution in [0.3, 0.4) is 0 Å². The van der Waals surface area contributed by atoms with E-state index in [1.54, 1.807) is 24.5 Å². The number of rotatable bonds is 3. The molecule has 2 saturated heterocycles. The smallest absolute Gasteiger partial charge is 0.225 e. The third-order valence-electron chi connectivity index (χ3n) is 6.01. The molecule has 32 heavy (non-hydrogen) atoms. The van der Waals surface area contributed by atoms with E-state index < -0.39 is 0 Å². The number of para-hydroxylation sites is 1. The Hall–Kier alpha value is -3.90. The molecule has 0 amide bonds. The highest BCUT2D eigenvalue weighted by molar-refractivity contribution is 5.74. The molecule has 2 aliphatic heterocycles. The number of anilines is 3. The van der Waals surface area contributed by atoms with Gasteiger partial charge in [0.1, 0.15) is 5.75 Å². The molecule has 2 aliphatic rings. The molecule has 2 unspecified atom stereocenters. The quantitative estimate of drug-likeness (QED) is 0.530. The Bertz CT molecular complexity index is 1170. The Labute approximate surface area is 186 Å². The number of phenols is 1. The van der Waals surface area contributed by atoms with Gasteiger partial charge in [-0.05, 0) is 31.0 Å². The highest BCUT2D eigenvalue weighted by Crippen LogP contribution is 2.37. The van der Waals surface area contributed by atoms with Crippen molar-refractivity contribution in [3.05, 3.63) is 48.3 Å². The van der Waals surface area contributed by atoms with Crippen molar-refractivity contribution in [2.45, 2.75) is 24.9 Å². The van der Waals surface area contributed by atoms with Crippen LogP contribution in [0.2, 0.25) is 0 Å². The van der Waals surface area contributed by atoms with Gasteiger partial charge in [-0.3, -0.25) is 0 Å². The lowest BCUT2D eigenvalue weighted by Crippen LogP contribution is -2.54. The highest BCUT2D eigenvalue weighted by Gasteiger charge is 2.42. The maximum absolute atomic E-state index is 10.2. The number of aromatic hydroxyl groups is 1. The summed E-state index contributed by atoms with van der Waals surface area (Å²) in [4.78, 5) is 13.7. The molecule has 162 valence electrons. The molecule has 5 N–H and O–H groups in total.